The first-order chi connectivity index (χ1) is 6.40. The molecule has 13 heavy (non-hydrogen) atoms. The lowest BCUT2D eigenvalue weighted by Crippen LogP contribution is -2.20. The molecule has 3 heteroatoms. The maximum atomic E-state index is 4.38. The van der Waals surface area contributed by atoms with Gasteiger partial charge in [0.25, 0.3) is 0 Å². The summed E-state index contributed by atoms with van der Waals surface area (Å²) in [5.41, 5.74) is 2.52. The molecule has 1 aliphatic heterocycles. The molecule has 3 nitrogen and oxygen atoms in total. The van der Waals surface area contributed by atoms with Crippen LogP contribution in [-0.4, -0.2) is 22.6 Å². The largest absolute Gasteiger partial charge is 0.337 e. The van der Waals surface area contributed by atoms with Crippen LogP contribution in [-0.2, 0) is 6.54 Å². The lowest BCUT2D eigenvalue weighted by molar-refractivity contribution is 0.736. The van der Waals surface area contributed by atoms with Gasteiger partial charge in [-0.15, -0.1) is 0 Å². The summed E-state index contributed by atoms with van der Waals surface area (Å²) >= 11 is 0. The summed E-state index contributed by atoms with van der Waals surface area (Å²) in [7, 11) is 0. The molecule has 0 bridgehead atoms. The van der Waals surface area contributed by atoms with Crippen molar-refractivity contribution in [3.8, 4) is 0 Å². The van der Waals surface area contributed by atoms with Gasteiger partial charge < -0.3 is 9.88 Å². The van der Waals surface area contributed by atoms with Gasteiger partial charge >= 0.3 is 0 Å². The molecule has 0 saturated heterocycles. The summed E-state index contributed by atoms with van der Waals surface area (Å²) in [5.74, 6) is 0. The predicted molar refractivity (Wildman–Crippen MR) is 53.4 cm³/mol. The Morgan fingerprint density at radius 1 is 1.62 bits per heavy atom. The number of rotatable bonds is 2. The number of nitrogens with one attached hydrogen (secondary N) is 1. The maximum Gasteiger partial charge on any atom is 0.0953 e. The monoisotopic (exact) mass is 177 g/mol. The highest BCUT2D eigenvalue weighted by Gasteiger charge is 2.07. The van der Waals surface area contributed by atoms with Crippen LogP contribution in [0, 0.1) is 0 Å². The number of hydrogen-bond acceptors (Lipinski definition) is 2. The molecular formula is C10H15N3. The molecule has 0 unspecified atom stereocenters. The highest BCUT2D eigenvalue weighted by molar-refractivity contribution is 5.63. The van der Waals surface area contributed by atoms with Crippen LogP contribution in [0.5, 0.6) is 0 Å². The zero-order valence-corrected chi connectivity index (χ0v) is 7.95. The molecule has 0 amide bonds. The number of nitrogens with zero attached hydrogens (tertiary/aromatic N) is 2. The standard InChI is InChI=1S/C10H15N3/c1-2-13-7-10(12-8-13)9-3-5-11-6-4-9/h3,7-8,11H,2,4-6H2,1H3. The predicted octanol–water partition coefficient (Wildman–Crippen LogP) is 1.28. The Morgan fingerprint density at radius 2 is 2.54 bits per heavy atom. The smallest absolute Gasteiger partial charge is 0.0953 e. The van der Waals surface area contributed by atoms with E-state index in [0.717, 1.165) is 31.7 Å². The van der Waals surface area contributed by atoms with Gasteiger partial charge in [0.2, 0.25) is 0 Å². The Kier molecular flexibility index (Phi) is 2.45. The van der Waals surface area contributed by atoms with Crippen LogP contribution in [0.15, 0.2) is 18.6 Å². The van der Waals surface area contributed by atoms with Crippen molar-refractivity contribution in [1.29, 1.82) is 0 Å². The van der Waals surface area contributed by atoms with Crippen molar-refractivity contribution in [2.75, 3.05) is 13.1 Å². The van der Waals surface area contributed by atoms with Gasteiger partial charge in [-0.3, -0.25) is 0 Å². The summed E-state index contributed by atoms with van der Waals surface area (Å²) in [6.45, 7) is 5.18. The Balaban J connectivity index is 2.19. The first-order valence-electron chi connectivity index (χ1n) is 4.82. The van der Waals surface area contributed by atoms with Crippen molar-refractivity contribution in [3.63, 3.8) is 0 Å². The Bertz CT molecular complexity index is 312. The molecule has 0 aromatic carbocycles. The van der Waals surface area contributed by atoms with E-state index >= 15 is 0 Å². The number of imidazole rings is 1. The van der Waals surface area contributed by atoms with Crippen LogP contribution >= 0.6 is 0 Å². The van der Waals surface area contributed by atoms with Crippen LogP contribution < -0.4 is 5.32 Å². The molecule has 0 atom stereocenters. The average Bonchev–Trinajstić information content (AvgIpc) is 2.67. The Labute approximate surface area is 78.5 Å². The molecule has 0 radical (unpaired) electrons. The van der Waals surface area contributed by atoms with Crippen LogP contribution in [0.1, 0.15) is 19.0 Å². The van der Waals surface area contributed by atoms with Gasteiger partial charge in [-0.2, -0.15) is 0 Å². The van der Waals surface area contributed by atoms with E-state index < -0.39 is 0 Å². The number of aromatic nitrogens is 2. The zero-order chi connectivity index (χ0) is 9.10. The molecule has 0 aliphatic carbocycles. The van der Waals surface area contributed by atoms with Gasteiger partial charge in [0, 0.05) is 19.3 Å². The van der Waals surface area contributed by atoms with Gasteiger partial charge in [0.05, 0.1) is 12.0 Å². The van der Waals surface area contributed by atoms with Crippen molar-refractivity contribution >= 4 is 5.57 Å². The molecule has 0 spiro atoms. The van der Waals surface area contributed by atoms with Crippen LogP contribution in [0.4, 0.5) is 0 Å². The Hall–Kier alpha value is -1.09. The fraction of sp³-hybridized carbons (Fsp3) is 0.500. The minimum absolute atomic E-state index is 0.980. The summed E-state index contributed by atoms with van der Waals surface area (Å²) in [6.07, 6.45) is 7.35. The van der Waals surface area contributed by atoms with Crippen molar-refractivity contribution in [2.45, 2.75) is 19.9 Å². The van der Waals surface area contributed by atoms with E-state index in [2.05, 4.69) is 34.1 Å². The molecule has 2 rings (SSSR count). The highest BCUT2D eigenvalue weighted by Crippen LogP contribution is 2.16. The van der Waals surface area contributed by atoms with Crippen molar-refractivity contribution < 1.29 is 0 Å². The summed E-state index contributed by atoms with van der Waals surface area (Å²) in [5, 5.41) is 3.29. The van der Waals surface area contributed by atoms with E-state index in [0.29, 0.717) is 0 Å². The lowest BCUT2D eigenvalue weighted by atomic mass is 10.1. The second-order valence-corrected chi connectivity index (χ2v) is 3.27. The van der Waals surface area contributed by atoms with Crippen molar-refractivity contribution in [3.05, 3.63) is 24.3 Å². The summed E-state index contributed by atoms with van der Waals surface area (Å²) in [4.78, 5) is 4.38. The first-order valence-corrected chi connectivity index (χ1v) is 4.82. The average molecular weight is 177 g/mol. The molecule has 1 N–H and O–H groups in total. The third-order valence-corrected chi connectivity index (χ3v) is 2.39. The first kappa shape index (κ1) is 8.51. The third kappa shape index (κ3) is 1.80. The fourth-order valence-electron chi connectivity index (χ4n) is 1.55. The second-order valence-electron chi connectivity index (χ2n) is 3.27. The second kappa shape index (κ2) is 3.75. The highest BCUT2D eigenvalue weighted by atomic mass is 15.0. The van der Waals surface area contributed by atoms with Gasteiger partial charge in [-0.1, -0.05) is 6.08 Å². The van der Waals surface area contributed by atoms with E-state index in [1.165, 1.54) is 5.57 Å². The summed E-state index contributed by atoms with van der Waals surface area (Å²) in [6, 6.07) is 0. The molecule has 0 saturated carbocycles. The van der Waals surface area contributed by atoms with Gasteiger partial charge in [0.1, 0.15) is 0 Å². The minimum atomic E-state index is 0.980. The molecule has 0 fully saturated rings. The Morgan fingerprint density at radius 3 is 3.15 bits per heavy atom. The molecule has 1 aromatic rings. The quantitative estimate of drug-likeness (QED) is 0.737. The van der Waals surface area contributed by atoms with E-state index in [9.17, 15) is 0 Å². The minimum Gasteiger partial charge on any atom is -0.337 e. The van der Waals surface area contributed by atoms with E-state index in [-0.39, 0.29) is 0 Å². The molecule has 2 heterocycles. The van der Waals surface area contributed by atoms with Crippen molar-refractivity contribution in [1.82, 2.24) is 14.9 Å². The molecule has 70 valence electrons. The van der Waals surface area contributed by atoms with Crippen molar-refractivity contribution in [2.24, 2.45) is 0 Å². The van der Waals surface area contributed by atoms with Gasteiger partial charge in [-0.25, -0.2) is 4.98 Å². The number of aryl methyl sites for hydroxylation is 1. The molecule has 1 aliphatic rings. The molecule has 1 aromatic heterocycles. The van der Waals surface area contributed by atoms with Crippen LogP contribution in [0.2, 0.25) is 0 Å². The third-order valence-electron chi connectivity index (χ3n) is 2.39. The SMILES string of the molecule is CCn1cnc(C2=CCNCC2)c1. The normalized spacial score (nSPS) is 17.2. The van der Waals surface area contributed by atoms with E-state index in [1.54, 1.807) is 0 Å². The lowest BCUT2D eigenvalue weighted by Gasteiger charge is -2.11. The number of hydrogen-bond donors (Lipinski definition) is 1. The molecular weight excluding hydrogens is 162 g/mol. The van der Waals surface area contributed by atoms with E-state index in [1.807, 2.05) is 6.33 Å². The zero-order valence-electron chi connectivity index (χ0n) is 7.95. The maximum absolute atomic E-state index is 4.38. The van der Waals surface area contributed by atoms with Crippen LogP contribution in [0.25, 0.3) is 5.57 Å². The van der Waals surface area contributed by atoms with Gasteiger partial charge in [-0.05, 0) is 25.5 Å². The van der Waals surface area contributed by atoms with Crippen LogP contribution in [0.3, 0.4) is 0 Å². The fourth-order valence-corrected chi connectivity index (χ4v) is 1.55. The summed E-state index contributed by atoms with van der Waals surface area (Å²) < 4.78 is 2.11. The topological polar surface area (TPSA) is 29.9 Å². The van der Waals surface area contributed by atoms with Gasteiger partial charge in [0.15, 0.2) is 0 Å². The van der Waals surface area contributed by atoms with E-state index in [4.69, 9.17) is 0 Å².